The number of benzene rings is 2. The third-order valence-electron chi connectivity index (χ3n) is 6.63. The molecule has 1 aromatic heterocycles. The number of aryl methyl sites for hydroxylation is 1. The molecule has 2 aliphatic rings. The number of carbonyl (C=O) groups is 2. The highest BCUT2D eigenvalue weighted by Crippen LogP contribution is 2.42. The fourth-order valence-electron chi connectivity index (χ4n) is 4.84. The summed E-state index contributed by atoms with van der Waals surface area (Å²) in [6.07, 6.45) is -3.51. The molecule has 3 heterocycles. The van der Waals surface area contributed by atoms with Crippen molar-refractivity contribution in [3.8, 4) is 5.75 Å². The standard InChI is InChI=1S/C26H26F4N6O4S/c1-15-5-17(35-41-12-25(13-41)10-36(11-25)24(38)39-2)7-19-22(15)23(33-14-32-19)34-18-4-3-16(27)6-20(18)40-8-21(37)31-9-26(28,29)30/h3-7,14H,8-13H2,1-2H3,(H,31,37)(H,32,33,34). The Labute approximate surface area is 234 Å². The van der Waals surface area contributed by atoms with Gasteiger partial charge in [0.2, 0.25) is 0 Å². The lowest BCUT2D eigenvalue weighted by Gasteiger charge is -2.55. The Balaban J connectivity index is 1.30. The summed E-state index contributed by atoms with van der Waals surface area (Å²) in [5.74, 6) is 0.471. The fourth-order valence-corrected chi connectivity index (χ4v) is 7.07. The summed E-state index contributed by atoms with van der Waals surface area (Å²) in [5, 5.41) is 5.45. The number of fused-ring (bicyclic) bond motifs is 1. The molecule has 0 bridgehead atoms. The summed E-state index contributed by atoms with van der Waals surface area (Å²) in [5.41, 5.74) is 2.61. The SMILES string of the molecule is COC(=O)N1CC2(C1)CS(=Nc1cc(C)c3c(Nc4ccc(F)cc4OCC(=O)NCC(F)(F)F)ncnc3c1)C2. The number of carbonyl (C=O) groups excluding carboxylic acids is 2. The summed E-state index contributed by atoms with van der Waals surface area (Å²) in [7, 11) is 1.21. The number of amides is 2. The number of halogens is 4. The van der Waals surface area contributed by atoms with Gasteiger partial charge < -0.3 is 25.0 Å². The predicted molar refractivity (Wildman–Crippen MR) is 144 cm³/mol. The minimum Gasteiger partial charge on any atom is -0.481 e. The Bertz CT molecular complexity index is 1530. The van der Waals surface area contributed by atoms with E-state index in [1.54, 1.807) is 10.2 Å². The van der Waals surface area contributed by atoms with Gasteiger partial charge in [0, 0.05) is 41.5 Å². The topological polar surface area (TPSA) is 118 Å². The van der Waals surface area contributed by atoms with E-state index in [9.17, 15) is 27.2 Å². The molecule has 218 valence electrons. The molecule has 2 aromatic carbocycles. The van der Waals surface area contributed by atoms with Crippen LogP contribution in [0.2, 0.25) is 0 Å². The Morgan fingerprint density at radius 2 is 1.93 bits per heavy atom. The van der Waals surface area contributed by atoms with Gasteiger partial charge in [-0.25, -0.2) is 23.5 Å². The zero-order valence-electron chi connectivity index (χ0n) is 22.0. The third kappa shape index (κ3) is 6.50. The summed E-state index contributed by atoms with van der Waals surface area (Å²) in [6.45, 7) is 1.01. The Kier molecular flexibility index (Phi) is 7.72. The lowest BCUT2D eigenvalue weighted by molar-refractivity contribution is -0.139. The minimum absolute atomic E-state index is 0.0786. The molecule has 0 saturated carbocycles. The lowest BCUT2D eigenvalue weighted by atomic mass is 9.83. The fraction of sp³-hybridized carbons (Fsp3) is 0.385. The molecule has 0 unspecified atom stereocenters. The number of methoxy groups -OCH3 is 1. The van der Waals surface area contributed by atoms with Crippen molar-refractivity contribution in [1.82, 2.24) is 20.2 Å². The number of hydrogen-bond donors (Lipinski definition) is 2. The van der Waals surface area contributed by atoms with Crippen molar-refractivity contribution >= 4 is 50.8 Å². The minimum atomic E-state index is -4.56. The summed E-state index contributed by atoms with van der Waals surface area (Å²) in [6, 6.07) is 7.34. The molecule has 41 heavy (non-hydrogen) atoms. The van der Waals surface area contributed by atoms with Crippen LogP contribution < -0.4 is 15.4 Å². The first-order chi connectivity index (χ1) is 19.4. The third-order valence-corrected chi connectivity index (χ3v) is 8.99. The van der Waals surface area contributed by atoms with E-state index in [1.807, 2.05) is 19.1 Å². The average Bonchev–Trinajstić information content (AvgIpc) is 2.87. The van der Waals surface area contributed by atoms with Crippen LogP contribution >= 0.6 is 0 Å². The molecular formula is C26H26F4N6O4S. The second-order valence-corrected chi connectivity index (χ2v) is 11.7. The van der Waals surface area contributed by atoms with Crippen LogP contribution in [0.3, 0.4) is 0 Å². The van der Waals surface area contributed by atoms with Crippen LogP contribution in [-0.4, -0.2) is 77.9 Å². The highest BCUT2D eigenvalue weighted by Gasteiger charge is 2.52. The maximum Gasteiger partial charge on any atom is 0.409 e. The number of hydrogen-bond acceptors (Lipinski definition) is 8. The smallest absolute Gasteiger partial charge is 0.409 e. The Morgan fingerprint density at radius 3 is 2.63 bits per heavy atom. The van der Waals surface area contributed by atoms with Gasteiger partial charge in [-0.05, 0) is 36.8 Å². The molecule has 5 rings (SSSR count). The van der Waals surface area contributed by atoms with Crippen LogP contribution in [0.1, 0.15) is 5.56 Å². The Morgan fingerprint density at radius 1 is 1.17 bits per heavy atom. The first-order valence-corrected chi connectivity index (χ1v) is 14.0. The number of nitrogens with zero attached hydrogens (tertiary/aromatic N) is 4. The number of likely N-dealkylation sites (tertiary alicyclic amines) is 1. The molecule has 2 saturated heterocycles. The van der Waals surface area contributed by atoms with Crippen molar-refractivity contribution in [2.75, 3.05) is 50.2 Å². The van der Waals surface area contributed by atoms with Crippen molar-refractivity contribution in [3.63, 3.8) is 0 Å². The van der Waals surface area contributed by atoms with Gasteiger partial charge in [-0.1, -0.05) is 10.7 Å². The second kappa shape index (κ2) is 11.1. The van der Waals surface area contributed by atoms with Gasteiger partial charge in [0.05, 0.1) is 24.0 Å². The molecule has 2 amide bonds. The number of ether oxygens (including phenoxy) is 2. The second-order valence-electron chi connectivity index (χ2n) is 9.99. The summed E-state index contributed by atoms with van der Waals surface area (Å²) in [4.78, 5) is 33.8. The molecule has 2 aliphatic heterocycles. The first kappa shape index (κ1) is 28.5. The molecule has 0 atom stereocenters. The average molecular weight is 595 g/mol. The zero-order chi connectivity index (χ0) is 29.4. The molecule has 1 spiro atoms. The molecule has 2 N–H and O–H groups in total. The largest absolute Gasteiger partial charge is 0.481 e. The van der Waals surface area contributed by atoms with Crippen molar-refractivity contribution in [2.45, 2.75) is 13.1 Å². The quantitative estimate of drug-likeness (QED) is 0.390. The number of rotatable bonds is 7. The van der Waals surface area contributed by atoms with Crippen molar-refractivity contribution in [3.05, 3.63) is 48.0 Å². The van der Waals surface area contributed by atoms with E-state index < -0.39 is 31.1 Å². The van der Waals surface area contributed by atoms with E-state index >= 15 is 0 Å². The number of anilines is 2. The van der Waals surface area contributed by atoms with Crippen molar-refractivity contribution in [1.29, 1.82) is 0 Å². The highest BCUT2D eigenvalue weighted by molar-refractivity contribution is 7.88. The Hall–Kier alpha value is -4.01. The van der Waals surface area contributed by atoms with Crippen LogP contribution in [0.5, 0.6) is 5.75 Å². The van der Waals surface area contributed by atoms with Gasteiger partial charge in [-0.2, -0.15) is 13.2 Å². The molecule has 0 aliphatic carbocycles. The molecule has 0 radical (unpaired) electrons. The maximum absolute atomic E-state index is 13.9. The number of alkyl halides is 3. The van der Waals surface area contributed by atoms with Crippen LogP contribution in [0.4, 0.5) is 39.5 Å². The molecule has 2 fully saturated rings. The van der Waals surface area contributed by atoms with Crippen LogP contribution in [0.15, 0.2) is 41.0 Å². The lowest BCUT2D eigenvalue weighted by Crippen LogP contribution is -2.67. The predicted octanol–water partition coefficient (Wildman–Crippen LogP) is 4.39. The highest BCUT2D eigenvalue weighted by atomic mass is 32.2. The molecule has 10 nitrogen and oxygen atoms in total. The van der Waals surface area contributed by atoms with Crippen molar-refractivity contribution < 1.29 is 36.6 Å². The van der Waals surface area contributed by atoms with E-state index in [2.05, 4.69) is 15.3 Å². The van der Waals surface area contributed by atoms with Gasteiger partial charge in [-0.15, -0.1) is 0 Å². The number of nitrogens with one attached hydrogen (secondary N) is 2. The van der Waals surface area contributed by atoms with Crippen LogP contribution in [-0.2, 0) is 20.2 Å². The van der Waals surface area contributed by atoms with Gasteiger partial charge in [-0.3, -0.25) is 4.79 Å². The maximum atomic E-state index is 13.9. The van der Waals surface area contributed by atoms with E-state index in [-0.39, 0.29) is 33.6 Å². The van der Waals surface area contributed by atoms with Crippen molar-refractivity contribution in [2.24, 2.45) is 9.78 Å². The molecular weight excluding hydrogens is 568 g/mol. The summed E-state index contributed by atoms with van der Waals surface area (Å²) >= 11 is 0. The van der Waals surface area contributed by atoms with Gasteiger partial charge in [0.1, 0.15) is 30.3 Å². The first-order valence-electron chi connectivity index (χ1n) is 12.4. The van der Waals surface area contributed by atoms with E-state index in [0.717, 1.165) is 28.8 Å². The van der Waals surface area contributed by atoms with Crippen LogP contribution in [0.25, 0.3) is 10.9 Å². The molecule has 3 aromatic rings. The molecule has 15 heteroatoms. The monoisotopic (exact) mass is 594 g/mol. The van der Waals surface area contributed by atoms with E-state index in [1.165, 1.54) is 25.6 Å². The van der Waals surface area contributed by atoms with E-state index in [0.29, 0.717) is 29.8 Å². The van der Waals surface area contributed by atoms with E-state index in [4.69, 9.17) is 13.8 Å². The number of aromatic nitrogens is 2. The van der Waals surface area contributed by atoms with Gasteiger partial charge in [0.15, 0.2) is 6.61 Å². The van der Waals surface area contributed by atoms with Crippen LogP contribution in [0, 0.1) is 18.2 Å². The summed E-state index contributed by atoms with van der Waals surface area (Å²) < 4.78 is 66.0. The normalized spacial score (nSPS) is 16.1. The zero-order valence-corrected chi connectivity index (χ0v) is 22.9. The van der Waals surface area contributed by atoms with Gasteiger partial charge >= 0.3 is 12.3 Å². The van der Waals surface area contributed by atoms with Gasteiger partial charge in [0.25, 0.3) is 5.91 Å².